The quantitative estimate of drug-likeness (QED) is 0.0695. The highest BCUT2D eigenvalue weighted by atomic mass is 32.5. The van der Waals surface area contributed by atoms with E-state index in [-0.39, 0.29) is 34.1 Å². The summed E-state index contributed by atoms with van der Waals surface area (Å²) < 4.78 is 56.6. The summed E-state index contributed by atoms with van der Waals surface area (Å²) in [5, 5.41) is 42.2. The number of allylic oxidation sites excluding steroid dienone is 1. The van der Waals surface area contributed by atoms with Crippen LogP contribution in [-0.4, -0.2) is 116 Å². The smallest absolute Gasteiger partial charge is 0.396 e. The Kier molecular flexibility index (Phi) is 11.2. The van der Waals surface area contributed by atoms with Gasteiger partial charge in [0.1, 0.15) is 42.0 Å². The third-order valence-electron chi connectivity index (χ3n) is 8.65. The summed E-state index contributed by atoms with van der Waals surface area (Å²) in [5.41, 5.74) is 5.57. The first-order chi connectivity index (χ1) is 24.7. The molecule has 53 heavy (non-hydrogen) atoms. The zero-order valence-corrected chi connectivity index (χ0v) is 30.9. The number of hydrogen-bond acceptors (Lipinski definition) is 18. The fourth-order valence-electron chi connectivity index (χ4n) is 6.35. The van der Waals surface area contributed by atoms with Crippen LogP contribution >= 0.6 is 22.4 Å². The molecular weight excluding hydrogens is 793 g/mol. The summed E-state index contributed by atoms with van der Waals surface area (Å²) in [6.45, 7) is -4.52. The van der Waals surface area contributed by atoms with E-state index in [9.17, 15) is 53.8 Å². The average Bonchev–Trinajstić information content (AvgIpc) is 3.77. The van der Waals surface area contributed by atoms with Crippen LogP contribution in [0.5, 0.6) is 0 Å². The van der Waals surface area contributed by atoms with Crippen LogP contribution in [0.4, 0.5) is 5.95 Å². The van der Waals surface area contributed by atoms with Crippen LogP contribution in [0, 0.1) is 18.9 Å². The highest BCUT2D eigenvalue weighted by molar-refractivity contribution is 8.09. The van der Waals surface area contributed by atoms with Crippen molar-refractivity contribution in [2.45, 2.75) is 62.6 Å². The van der Waals surface area contributed by atoms with Gasteiger partial charge in [0.05, 0.1) is 37.4 Å². The summed E-state index contributed by atoms with van der Waals surface area (Å²) in [6, 6.07) is 1.40. The Labute approximate surface area is 302 Å². The molecule has 3 aromatic heterocycles. The van der Waals surface area contributed by atoms with E-state index < -0.39 is 108 Å². The predicted molar refractivity (Wildman–Crippen MR) is 181 cm³/mol. The first kappa shape index (κ1) is 40.0. The van der Waals surface area contributed by atoms with Gasteiger partial charge in [-0.25, -0.2) is 27.5 Å². The second kappa shape index (κ2) is 14.8. The van der Waals surface area contributed by atoms with Gasteiger partial charge in [0, 0.05) is 19.0 Å². The lowest BCUT2D eigenvalue weighted by Crippen LogP contribution is -2.34. The maximum Gasteiger partial charge on any atom is 0.479 e. The van der Waals surface area contributed by atoms with E-state index in [1.54, 1.807) is 6.92 Å². The van der Waals surface area contributed by atoms with Gasteiger partial charge in [0.15, 0.2) is 23.4 Å². The Morgan fingerprint density at radius 3 is 2.21 bits per heavy atom. The number of aliphatic hydroxyl groups excluding tert-OH is 4. The molecule has 0 amide bonds. The molecule has 0 radical (unpaired) electrons. The summed E-state index contributed by atoms with van der Waals surface area (Å²) in [4.78, 5) is 68.8. The maximum atomic E-state index is 12.7. The van der Waals surface area contributed by atoms with Crippen molar-refractivity contribution in [2.75, 3.05) is 25.6 Å². The van der Waals surface area contributed by atoms with Crippen molar-refractivity contribution in [3.05, 3.63) is 56.1 Å². The Bertz CT molecular complexity index is 2200. The molecule has 12 atom stereocenters. The van der Waals surface area contributed by atoms with E-state index in [1.165, 1.54) is 23.8 Å². The van der Waals surface area contributed by atoms with Gasteiger partial charge in [-0.1, -0.05) is 0 Å². The van der Waals surface area contributed by atoms with Crippen molar-refractivity contribution in [1.29, 1.82) is 0 Å². The molecule has 27 heteroatoms. The molecule has 0 saturated carbocycles. The second-order valence-corrected chi connectivity index (χ2v) is 18.3. The third-order valence-corrected chi connectivity index (χ3v) is 14.1. The van der Waals surface area contributed by atoms with Crippen molar-refractivity contribution in [3.8, 4) is 0 Å². The number of nitrogens with two attached hydrogens (primary N) is 1. The van der Waals surface area contributed by atoms with Crippen molar-refractivity contribution in [3.63, 3.8) is 0 Å². The van der Waals surface area contributed by atoms with Gasteiger partial charge < -0.3 is 59.9 Å². The van der Waals surface area contributed by atoms with Crippen LogP contribution in [0.2, 0.25) is 0 Å². The van der Waals surface area contributed by atoms with Gasteiger partial charge in [0.25, 0.3) is 5.56 Å². The minimum Gasteiger partial charge on any atom is -0.396 e. The number of H-pyrrole nitrogens is 2. The molecule has 1 aliphatic carbocycles. The predicted octanol–water partition coefficient (Wildman–Crippen LogP) is -1.46. The number of aromatic amines is 2. The van der Waals surface area contributed by atoms with Gasteiger partial charge in [0.2, 0.25) is 11.5 Å². The lowest BCUT2D eigenvalue weighted by Gasteiger charge is -2.23. The van der Waals surface area contributed by atoms with Crippen molar-refractivity contribution < 1.29 is 71.4 Å². The van der Waals surface area contributed by atoms with Gasteiger partial charge in [-0.15, -0.1) is 0 Å². The minimum absolute atomic E-state index is 0.113. The summed E-state index contributed by atoms with van der Waals surface area (Å²) in [5.74, 6) is -1.86. The second-order valence-electron chi connectivity index (χ2n) is 12.3. The molecule has 0 aromatic carbocycles. The number of nitrogens with zero attached hydrogens (tertiary/aromatic N) is 3. The number of aryl methyl sites for hydroxylation is 1. The largest absolute Gasteiger partial charge is 0.479 e. The fraction of sp³-hybridized carbons (Fsp3) is 0.538. The molecule has 0 spiro atoms. The molecule has 290 valence electrons. The normalized spacial score (nSPS) is 31.8. The fourth-order valence-corrected chi connectivity index (χ4v) is 11.4. The summed E-state index contributed by atoms with van der Waals surface area (Å²) in [6.07, 6.45) is -5.78. The van der Waals surface area contributed by atoms with Crippen LogP contribution in [0.25, 0.3) is 16.6 Å². The number of hydrogen-bond donors (Lipinski definition) is 10. The lowest BCUT2D eigenvalue weighted by molar-refractivity contribution is -0.0499. The molecular formula is C26H34N6O17P3S+. The number of anilines is 1. The van der Waals surface area contributed by atoms with Crippen molar-refractivity contribution in [2.24, 2.45) is 5.92 Å². The number of phosphoric ester groups is 2. The molecule has 11 N–H and O–H groups in total. The molecule has 2 aliphatic heterocycles. The number of nitrogen functional groups attached to an aromatic ring is 1. The molecule has 0 bridgehead atoms. The van der Waals surface area contributed by atoms with Crippen LogP contribution in [-0.2, 0) is 48.1 Å². The van der Waals surface area contributed by atoms with Crippen LogP contribution < -0.4 is 16.9 Å². The van der Waals surface area contributed by atoms with E-state index in [4.69, 9.17) is 24.3 Å². The van der Waals surface area contributed by atoms with E-state index >= 15 is 0 Å². The molecule has 2 fully saturated rings. The first-order valence-corrected chi connectivity index (χ1v) is 21.0. The zero-order chi connectivity index (χ0) is 38.8. The number of nitrogens with one attached hydrogen (secondary N) is 2. The molecule has 23 nitrogen and oxygen atoms in total. The Hall–Kier alpha value is -2.66. The molecule has 6 rings (SSSR count). The zero-order valence-electron chi connectivity index (χ0n) is 27.4. The van der Waals surface area contributed by atoms with Crippen LogP contribution in [0.15, 0.2) is 21.9 Å². The number of fused-ring (bicyclic) bond motifs is 2. The topological polar surface area (TPSA) is 354 Å². The first-order valence-electron chi connectivity index (χ1n) is 15.4. The highest BCUT2D eigenvalue weighted by Gasteiger charge is 2.54. The maximum absolute atomic E-state index is 12.7. The summed E-state index contributed by atoms with van der Waals surface area (Å²) in [7, 11) is -10.9. The van der Waals surface area contributed by atoms with E-state index in [2.05, 4.69) is 46.4 Å². The van der Waals surface area contributed by atoms with Crippen molar-refractivity contribution >= 4 is 56.7 Å². The van der Waals surface area contributed by atoms with Gasteiger partial charge >= 0.3 is 27.9 Å². The standard InChI is InChI=1S/C26H33N6O17P3S/c1-9-5-12(17-16(9)24(38)31-26(27)30-17)21-13(6-33)18(34)14(46-21)7-44-50(39,40)48-52(43,53)49-51(41,42)45-8-15-19(35)20(36)25(47-15)32-4-3-11-22(32)28-10(2)29-23(11)37/h3-4,12-15,18-21,25,33-36H,6-8H2,1-2H3,(H6-,27,28,29,30,31,37,38,39,40,41,42,43,53)/p+1/t12?,13?,14-,15-,18?,19+,20?,21+,25-,52?/m1/s1. The van der Waals surface area contributed by atoms with E-state index in [0.717, 1.165) is 0 Å². The molecule has 3 aliphatic rings. The van der Waals surface area contributed by atoms with Crippen molar-refractivity contribution in [1.82, 2.24) is 24.5 Å². The minimum atomic E-state index is -5.45. The SMILES string of the molecule is CC1=[C+]C([C@@H]2O[C@H](COP(=O)(O)OP(O)(=S)OP(=O)(O)OC[C@H]3O[C@@H](n4ccc5c(=O)[nH]c(C)nc54)C(O)[C@H]3O)C(O)C2CO)c2nc(N)[nH]c(=O)c21. The van der Waals surface area contributed by atoms with E-state index in [0.29, 0.717) is 5.57 Å². The molecule has 7 unspecified atom stereocenters. The van der Waals surface area contributed by atoms with Gasteiger partial charge in [-0.2, -0.15) is 4.98 Å². The molecule has 5 heterocycles. The van der Waals surface area contributed by atoms with Crippen LogP contribution in [0.3, 0.4) is 0 Å². The number of phosphoric acid groups is 2. The number of aliphatic hydroxyl groups is 4. The Morgan fingerprint density at radius 2 is 1.58 bits per heavy atom. The molecule has 3 aromatic rings. The number of aromatic nitrogens is 5. The number of rotatable bonds is 13. The average molecular weight is 828 g/mol. The van der Waals surface area contributed by atoms with Crippen LogP contribution in [0.1, 0.15) is 36.2 Å². The third kappa shape index (κ3) is 8.17. The Morgan fingerprint density at radius 1 is 0.962 bits per heavy atom. The number of ether oxygens (including phenoxy) is 2. The van der Waals surface area contributed by atoms with Gasteiger partial charge in [-0.3, -0.25) is 18.8 Å². The monoisotopic (exact) mass is 827 g/mol. The van der Waals surface area contributed by atoms with Gasteiger partial charge in [-0.05, 0) is 24.8 Å². The molecule has 2 saturated heterocycles. The lowest BCUT2D eigenvalue weighted by atomic mass is 9.88. The van der Waals surface area contributed by atoms with E-state index in [1.807, 2.05) is 0 Å². The highest BCUT2D eigenvalue weighted by Crippen LogP contribution is 2.68. The summed E-state index contributed by atoms with van der Waals surface area (Å²) >= 11 is 4.61. The Balaban J connectivity index is 1.05.